The van der Waals surface area contributed by atoms with E-state index < -0.39 is 4.92 Å². The lowest BCUT2D eigenvalue weighted by molar-refractivity contribution is -0.384. The number of nitrogens with one attached hydrogen (secondary N) is 1. The molecule has 0 atom stereocenters. The first-order chi connectivity index (χ1) is 11.5. The van der Waals surface area contributed by atoms with E-state index in [0.717, 1.165) is 30.4 Å². The van der Waals surface area contributed by atoms with Crippen LogP contribution in [0.4, 0.5) is 11.4 Å². The van der Waals surface area contributed by atoms with E-state index in [9.17, 15) is 14.9 Å². The van der Waals surface area contributed by atoms with Crippen molar-refractivity contribution in [2.75, 3.05) is 11.1 Å². The van der Waals surface area contributed by atoms with Gasteiger partial charge in [-0.15, -0.1) is 10.2 Å². The number of thioether (sulfide) groups is 1. The van der Waals surface area contributed by atoms with Gasteiger partial charge >= 0.3 is 0 Å². The van der Waals surface area contributed by atoms with Crippen LogP contribution in [0, 0.1) is 10.1 Å². The molecule has 1 aromatic heterocycles. The van der Waals surface area contributed by atoms with Gasteiger partial charge < -0.3 is 9.88 Å². The van der Waals surface area contributed by atoms with E-state index >= 15 is 0 Å². The second-order valence-electron chi connectivity index (χ2n) is 5.03. The van der Waals surface area contributed by atoms with Crippen LogP contribution in [0.2, 0.25) is 0 Å². The minimum Gasteiger partial charge on any atom is -0.325 e. The Morgan fingerprint density at radius 1 is 1.29 bits per heavy atom. The Bertz CT molecular complexity index is 714. The van der Waals surface area contributed by atoms with E-state index in [-0.39, 0.29) is 17.3 Å². The lowest BCUT2D eigenvalue weighted by Gasteiger charge is -2.07. The molecule has 2 aromatic rings. The maximum atomic E-state index is 12.0. The fourth-order valence-corrected chi connectivity index (χ4v) is 2.97. The molecular formula is C15H19N5O3S. The first kappa shape index (κ1) is 17.9. The lowest BCUT2D eigenvalue weighted by atomic mass is 10.3. The third-order valence-electron chi connectivity index (χ3n) is 3.28. The standard InChI is InChI=1S/C15H19N5O3S/c1-3-5-13-17-18-15(19(13)4-2)24-10-14(21)16-11-6-8-12(9-7-11)20(22)23/h6-9H,3-5,10H2,1-2H3,(H,16,21). The van der Waals surface area contributed by atoms with Crippen molar-refractivity contribution in [3.8, 4) is 0 Å². The maximum absolute atomic E-state index is 12.0. The number of anilines is 1. The lowest BCUT2D eigenvalue weighted by Crippen LogP contribution is -2.14. The number of rotatable bonds is 8. The van der Waals surface area contributed by atoms with Gasteiger partial charge in [0.15, 0.2) is 5.16 Å². The predicted molar refractivity (Wildman–Crippen MR) is 92.1 cm³/mol. The van der Waals surface area contributed by atoms with Gasteiger partial charge in [-0.1, -0.05) is 18.7 Å². The average molecular weight is 349 g/mol. The molecule has 9 heteroatoms. The second kappa shape index (κ2) is 8.44. The number of carbonyl (C=O) groups is 1. The molecule has 1 amide bonds. The van der Waals surface area contributed by atoms with Gasteiger partial charge in [-0.2, -0.15) is 0 Å². The Balaban J connectivity index is 1.92. The summed E-state index contributed by atoms with van der Waals surface area (Å²) in [6, 6.07) is 5.73. The highest BCUT2D eigenvalue weighted by atomic mass is 32.2. The topological polar surface area (TPSA) is 103 Å². The molecular weight excluding hydrogens is 330 g/mol. The molecule has 0 aliphatic rings. The number of carbonyl (C=O) groups excluding carboxylic acids is 1. The normalized spacial score (nSPS) is 10.6. The predicted octanol–water partition coefficient (Wildman–Crippen LogP) is 2.89. The summed E-state index contributed by atoms with van der Waals surface area (Å²) in [5, 5.41) is 22.3. The molecule has 0 unspecified atom stereocenters. The van der Waals surface area contributed by atoms with Crippen LogP contribution in [-0.2, 0) is 17.8 Å². The molecule has 2 rings (SSSR count). The van der Waals surface area contributed by atoms with Gasteiger partial charge in [-0.05, 0) is 25.5 Å². The Hall–Kier alpha value is -2.42. The molecule has 128 valence electrons. The number of nitro benzene ring substituents is 1. The van der Waals surface area contributed by atoms with E-state index in [4.69, 9.17) is 0 Å². The van der Waals surface area contributed by atoms with Gasteiger partial charge in [-0.3, -0.25) is 14.9 Å². The van der Waals surface area contributed by atoms with Gasteiger partial charge in [0.25, 0.3) is 5.69 Å². The third kappa shape index (κ3) is 4.54. The summed E-state index contributed by atoms with van der Waals surface area (Å²) < 4.78 is 2.01. The molecule has 0 spiro atoms. The number of benzene rings is 1. The van der Waals surface area contributed by atoms with Crippen molar-refractivity contribution in [2.45, 2.75) is 38.4 Å². The van der Waals surface area contributed by atoms with Crippen LogP contribution in [0.15, 0.2) is 29.4 Å². The van der Waals surface area contributed by atoms with Crippen LogP contribution < -0.4 is 5.32 Å². The zero-order valence-electron chi connectivity index (χ0n) is 13.6. The van der Waals surface area contributed by atoms with Crippen LogP contribution in [-0.4, -0.2) is 31.3 Å². The fourth-order valence-electron chi connectivity index (χ4n) is 2.15. The summed E-state index contributed by atoms with van der Waals surface area (Å²) in [6.45, 7) is 4.86. The number of nitro groups is 1. The van der Waals surface area contributed by atoms with Crippen molar-refractivity contribution in [2.24, 2.45) is 0 Å². The Morgan fingerprint density at radius 3 is 2.58 bits per heavy atom. The first-order valence-electron chi connectivity index (χ1n) is 7.64. The van der Waals surface area contributed by atoms with Crippen molar-refractivity contribution in [3.05, 3.63) is 40.2 Å². The minimum atomic E-state index is -0.479. The van der Waals surface area contributed by atoms with E-state index in [1.54, 1.807) is 0 Å². The zero-order chi connectivity index (χ0) is 17.5. The third-order valence-corrected chi connectivity index (χ3v) is 4.24. The molecule has 0 saturated carbocycles. The van der Waals surface area contributed by atoms with Crippen LogP contribution >= 0.6 is 11.8 Å². The number of amides is 1. The van der Waals surface area contributed by atoms with Crippen molar-refractivity contribution >= 4 is 29.0 Å². The van der Waals surface area contributed by atoms with Crippen molar-refractivity contribution in [3.63, 3.8) is 0 Å². The maximum Gasteiger partial charge on any atom is 0.269 e. The second-order valence-corrected chi connectivity index (χ2v) is 5.98. The molecule has 0 aliphatic heterocycles. The van der Waals surface area contributed by atoms with Crippen molar-refractivity contribution in [1.82, 2.24) is 14.8 Å². The number of aryl methyl sites for hydroxylation is 1. The highest BCUT2D eigenvalue weighted by Crippen LogP contribution is 2.19. The van der Waals surface area contributed by atoms with Crippen LogP contribution in [0.5, 0.6) is 0 Å². The van der Waals surface area contributed by atoms with Crippen molar-refractivity contribution < 1.29 is 9.72 Å². The average Bonchev–Trinajstić information content (AvgIpc) is 2.95. The number of aromatic nitrogens is 3. The van der Waals surface area contributed by atoms with E-state index in [2.05, 4.69) is 22.4 Å². The molecule has 0 saturated heterocycles. The number of non-ortho nitro benzene ring substituents is 1. The Kier molecular flexibility index (Phi) is 6.30. The van der Waals surface area contributed by atoms with Crippen LogP contribution in [0.3, 0.4) is 0 Å². The smallest absolute Gasteiger partial charge is 0.269 e. The Labute approximate surface area is 143 Å². The highest BCUT2D eigenvalue weighted by molar-refractivity contribution is 7.99. The summed E-state index contributed by atoms with van der Waals surface area (Å²) in [5.41, 5.74) is 0.511. The molecule has 8 nitrogen and oxygen atoms in total. The largest absolute Gasteiger partial charge is 0.325 e. The van der Waals surface area contributed by atoms with Crippen LogP contribution in [0.25, 0.3) is 0 Å². The molecule has 0 aliphatic carbocycles. The molecule has 0 fully saturated rings. The van der Waals surface area contributed by atoms with Gasteiger partial charge in [0, 0.05) is 30.8 Å². The molecule has 1 N–H and O–H groups in total. The molecule has 0 bridgehead atoms. The molecule has 24 heavy (non-hydrogen) atoms. The minimum absolute atomic E-state index is 0.0122. The number of hydrogen-bond donors (Lipinski definition) is 1. The van der Waals surface area contributed by atoms with Crippen LogP contribution in [0.1, 0.15) is 26.1 Å². The Morgan fingerprint density at radius 2 is 2.00 bits per heavy atom. The first-order valence-corrected chi connectivity index (χ1v) is 8.62. The van der Waals surface area contributed by atoms with E-state index in [0.29, 0.717) is 5.69 Å². The van der Waals surface area contributed by atoms with E-state index in [1.165, 1.54) is 36.0 Å². The molecule has 1 aromatic carbocycles. The summed E-state index contributed by atoms with van der Waals surface area (Å²) in [4.78, 5) is 22.1. The number of hydrogen-bond acceptors (Lipinski definition) is 6. The summed E-state index contributed by atoms with van der Waals surface area (Å²) in [5.74, 6) is 0.927. The summed E-state index contributed by atoms with van der Waals surface area (Å²) >= 11 is 1.32. The quantitative estimate of drug-likeness (QED) is 0.446. The van der Waals surface area contributed by atoms with Gasteiger partial charge in [0.05, 0.1) is 10.7 Å². The van der Waals surface area contributed by atoms with E-state index in [1.807, 2.05) is 11.5 Å². The molecule has 0 radical (unpaired) electrons. The van der Waals surface area contributed by atoms with Gasteiger partial charge in [0.1, 0.15) is 5.82 Å². The SMILES string of the molecule is CCCc1nnc(SCC(=O)Nc2ccc([N+](=O)[O-])cc2)n1CC. The fraction of sp³-hybridized carbons (Fsp3) is 0.400. The summed E-state index contributed by atoms with van der Waals surface area (Å²) in [6.07, 6.45) is 1.85. The zero-order valence-corrected chi connectivity index (χ0v) is 14.4. The van der Waals surface area contributed by atoms with Gasteiger partial charge in [-0.25, -0.2) is 0 Å². The number of nitrogens with zero attached hydrogens (tertiary/aromatic N) is 4. The highest BCUT2D eigenvalue weighted by Gasteiger charge is 2.13. The van der Waals surface area contributed by atoms with Gasteiger partial charge in [0.2, 0.25) is 5.91 Å². The monoisotopic (exact) mass is 349 g/mol. The molecule has 1 heterocycles. The van der Waals surface area contributed by atoms with Crippen molar-refractivity contribution in [1.29, 1.82) is 0 Å². The summed E-state index contributed by atoms with van der Waals surface area (Å²) in [7, 11) is 0.